The van der Waals surface area contributed by atoms with E-state index in [-0.39, 0.29) is 24.0 Å². The lowest BCUT2D eigenvalue weighted by molar-refractivity contribution is 0.836. The fourth-order valence-corrected chi connectivity index (χ4v) is 3.24. The van der Waals surface area contributed by atoms with Crippen LogP contribution in [0.4, 0.5) is 0 Å². The molecule has 0 saturated carbocycles. The SMILES string of the molecule is CN=C(NCCSc1ccccc1)NCc1scnc1C.I. The predicted octanol–water partition coefficient (Wildman–Crippen LogP) is 3.53. The highest BCUT2D eigenvalue weighted by Gasteiger charge is 2.03. The Kier molecular flexibility index (Phi) is 9.49. The molecule has 120 valence electrons. The van der Waals surface area contributed by atoms with Gasteiger partial charge in [0.15, 0.2) is 5.96 Å². The van der Waals surface area contributed by atoms with Crippen LogP contribution in [0.5, 0.6) is 0 Å². The van der Waals surface area contributed by atoms with Crippen LogP contribution in [0.15, 0.2) is 45.7 Å². The van der Waals surface area contributed by atoms with Crippen molar-refractivity contribution >= 4 is 53.0 Å². The van der Waals surface area contributed by atoms with Crippen molar-refractivity contribution in [3.63, 3.8) is 0 Å². The molecule has 22 heavy (non-hydrogen) atoms. The lowest BCUT2D eigenvalue weighted by Crippen LogP contribution is -2.37. The highest BCUT2D eigenvalue weighted by molar-refractivity contribution is 14.0. The first-order valence-corrected chi connectivity index (χ1v) is 8.67. The molecule has 1 aromatic heterocycles. The Labute approximate surface area is 157 Å². The summed E-state index contributed by atoms with van der Waals surface area (Å²) >= 11 is 3.51. The summed E-state index contributed by atoms with van der Waals surface area (Å²) in [6, 6.07) is 10.4. The lowest BCUT2D eigenvalue weighted by Gasteiger charge is -2.11. The van der Waals surface area contributed by atoms with Gasteiger partial charge in [0.2, 0.25) is 0 Å². The van der Waals surface area contributed by atoms with Gasteiger partial charge in [-0.3, -0.25) is 4.99 Å². The number of aryl methyl sites for hydroxylation is 1. The topological polar surface area (TPSA) is 49.3 Å². The molecule has 0 aliphatic rings. The number of halogens is 1. The normalized spacial score (nSPS) is 10.9. The molecule has 2 aromatic rings. The Hall–Kier alpha value is -0.800. The molecule has 2 rings (SSSR count). The number of nitrogens with one attached hydrogen (secondary N) is 2. The average Bonchev–Trinajstić information content (AvgIpc) is 2.93. The van der Waals surface area contributed by atoms with Gasteiger partial charge in [-0.05, 0) is 19.1 Å². The molecule has 0 amide bonds. The van der Waals surface area contributed by atoms with E-state index in [9.17, 15) is 0 Å². The summed E-state index contributed by atoms with van der Waals surface area (Å²) in [4.78, 5) is 11.0. The summed E-state index contributed by atoms with van der Waals surface area (Å²) < 4.78 is 0. The maximum Gasteiger partial charge on any atom is 0.191 e. The van der Waals surface area contributed by atoms with Crippen molar-refractivity contribution in [1.82, 2.24) is 15.6 Å². The van der Waals surface area contributed by atoms with E-state index in [1.807, 2.05) is 30.3 Å². The minimum absolute atomic E-state index is 0. The second kappa shape index (κ2) is 10.8. The van der Waals surface area contributed by atoms with Crippen molar-refractivity contribution in [2.45, 2.75) is 18.4 Å². The molecule has 1 heterocycles. The van der Waals surface area contributed by atoms with Crippen LogP contribution < -0.4 is 10.6 Å². The zero-order valence-electron chi connectivity index (χ0n) is 12.7. The first-order valence-electron chi connectivity index (χ1n) is 6.81. The Balaban J connectivity index is 0.00000242. The number of hydrogen-bond donors (Lipinski definition) is 2. The number of aromatic nitrogens is 1. The molecule has 0 unspecified atom stereocenters. The quantitative estimate of drug-likeness (QED) is 0.234. The molecule has 0 radical (unpaired) electrons. The number of nitrogens with zero attached hydrogens (tertiary/aromatic N) is 2. The van der Waals surface area contributed by atoms with Crippen LogP contribution in [-0.4, -0.2) is 30.3 Å². The van der Waals surface area contributed by atoms with E-state index in [0.29, 0.717) is 0 Å². The zero-order valence-corrected chi connectivity index (χ0v) is 16.7. The van der Waals surface area contributed by atoms with Crippen LogP contribution in [0.2, 0.25) is 0 Å². The van der Waals surface area contributed by atoms with Gasteiger partial charge in [-0.2, -0.15) is 0 Å². The number of thioether (sulfide) groups is 1. The fraction of sp³-hybridized carbons (Fsp3) is 0.333. The number of aliphatic imine (C=N–C) groups is 1. The Bertz CT molecular complexity index is 572. The molecule has 0 atom stereocenters. The van der Waals surface area contributed by atoms with Crippen molar-refractivity contribution in [2.24, 2.45) is 4.99 Å². The summed E-state index contributed by atoms with van der Waals surface area (Å²) in [7, 11) is 1.79. The number of benzene rings is 1. The summed E-state index contributed by atoms with van der Waals surface area (Å²) in [6.07, 6.45) is 0. The van der Waals surface area contributed by atoms with Crippen molar-refractivity contribution in [1.29, 1.82) is 0 Å². The third-order valence-electron chi connectivity index (χ3n) is 2.89. The van der Waals surface area contributed by atoms with Crippen LogP contribution in [0, 0.1) is 6.92 Å². The smallest absolute Gasteiger partial charge is 0.191 e. The Morgan fingerprint density at radius 2 is 2.05 bits per heavy atom. The molecule has 0 aliphatic heterocycles. The van der Waals surface area contributed by atoms with Gasteiger partial charge in [0.05, 0.1) is 17.7 Å². The van der Waals surface area contributed by atoms with Gasteiger partial charge in [0.1, 0.15) is 0 Å². The highest BCUT2D eigenvalue weighted by Crippen LogP contribution is 2.15. The molecule has 1 aromatic carbocycles. The van der Waals surface area contributed by atoms with Crippen molar-refractivity contribution in [2.75, 3.05) is 19.3 Å². The molecule has 2 N–H and O–H groups in total. The molecule has 7 heteroatoms. The molecular formula is C15H21IN4S2. The van der Waals surface area contributed by atoms with E-state index in [1.165, 1.54) is 9.77 Å². The van der Waals surface area contributed by atoms with Crippen LogP contribution in [0.3, 0.4) is 0 Å². The maximum atomic E-state index is 4.24. The maximum absolute atomic E-state index is 4.24. The summed E-state index contributed by atoms with van der Waals surface area (Å²) in [5, 5.41) is 6.64. The first kappa shape index (κ1) is 19.2. The molecule has 0 spiro atoms. The first-order chi connectivity index (χ1) is 10.3. The molecule has 0 saturated heterocycles. The van der Waals surface area contributed by atoms with Gasteiger partial charge in [-0.15, -0.1) is 47.1 Å². The van der Waals surface area contributed by atoms with Crippen LogP contribution >= 0.6 is 47.1 Å². The van der Waals surface area contributed by atoms with Gasteiger partial charge in [0, 0.05) is 29.1 Å². The fourth-order valence-electron chi connectivity index (χ4n) is 1.74. The van der Waals surface area contributed by atoms with Crippen molar-refractivity contribution in [3.05, 3.63) is 46.4 Å². The van der Waals surface area contributed by atoms with E-state index in [4.69, 9.17) is 0 Å². The van der Waals surface area contributed by atoms with E-state index in [0.717, 1.165) is 30.5 Å². The van der Waals surface area contributed by atoms with Gasteiger partial charge in [-0.25, -0.2) is 4.98 Å². The largest absolute Gasteiger partial charge is 0.356 e. The Morgan fingerprint density at radius 1 is 1.27 bits per heavy atom. The number of guanidine groups is 1. The minimum Gasteiger partial charge on any atom is -0.356 e. The van der Waals surface area contributed by atoms with E-state index >= 15 is 0 Å². The molecular weight excluding hydrogens is 427 g/mol. The summed E-state index contributed by atoms with van der Waals surface area (Å²) in [5.74, 6) is 1.83. The molecule has 0 bridgehead atoms. The monoisotopic (exact) mass is 448 g/mol. The number of hydrogen-bond acceptors (Lipinski definition) is 4. The standard InChI is InChI=1S/C15H20N4S2.HI/c1-12-14(21-11-19-12)10-18-15(16-2)17-8-9-20-13-6-4-3-5-7-13;/h3-7,11H,8-10H2,1-2H3,(H2,16,17,18);1H. The van der Waals surface area contributed by atoms with Gasteiger partial charge >= 0.3 is 0 Å². The third-order valence-corrected chi connectivity index (χ3v) is 4.84. The van der Waals surface area contributed by atoms with E-state index in [2.05, 4.69) is 44.9 Å². The van der Waals surface area contributed by atoms with E-state index in [1.54, 1.807) is 18.4 Å². The molecule has 0 aliphatic carbocycles. The molecule has 0 fully saturated rings. The van der Waals surface area contributed by atoms with Crippen LogP contribution in [0.25, 0.3) is 0 Å². The van der Waals surface area contributed by atoms with Crippen molar-refractivity contribution < 1.29 is 0 Å². The molecule has 4 nitrogen and oxygen atoms in total. The second-order valence-corrected chi connectivity index (χ2v) is 6.48. The predicted molar refractivity (Wildman–Crippen MR) is 108 cm³/mol. The van der Waals surface area contributed by atoms with E-state index < -0.39 is 0 Å². The van der Waals surface area contributed by atoms with Gasteiger partial charge in [-0.1, -0.05) is 18.2 Å². The average molecular weight is 448 g/mol. The minimum atomic E-state index is 0. The van der Waals surface area contributed by atoms with Gasteiger partial charge in [0.25, 0.3) is 0 Å². The van der Waals surface area contributed by atoms with Crippen LogP contribution in [-0.2, 0) is 6.54 Å². The van der Waals surface area contributed by atoms with Crippen molar-refractivity contribution in [3.8, 4) is 0 Å². The number of rotatable bonds is 6. The summed E-state index contributed by atoms with van der Waals surface area (Å²) in [5.41, 5.74) is 2.96. The third kappa shape index (κ3) is 6.53. The second-order valence-electron chi connectivity index (χ2n) is 4.38. The van der Waals surface area contributed by atoms with Crippen LogP contribution in [0.1, 0.15) is 10.6 Å². The Morgan fingerprint density at radius 3 is 2.68 bits per heavy atom. The summed E-state index contributed by atoms with van der Waals surface area (Å²) in [6.45, 7) is 3.67. The number of thiazole rings is 1. The lowest BCUT2D eigenvalue weighted by atomic mass is 10.4. The van der Waals surface area contributed by atoms with Gasteiger partial charge < -0.3 is 10.6 Å². The highest BCUT2D eigenvalue weighted by atomic mass is 127. The zero-order chi connectivity index (χ0) is 14.9.